The lowest BCUT2D eigenvalue weighted by molar-refractivity contribution is 1.30. The van der Waals surface area contributed by atoms with Gasteiger partial charge in [-0.15, -0.1) is 0 Å². The SMILES string of the molecule is Cc1c[c]c2cc(C)[nH]c2c1. The molecule has 0 aliphatic heterocycles. The maximum Gasteiger partial charge on any atom is 0.0464 e. The number of hydrogen-bond acceptors (Lipinski definition) is 0. The first-order valence-electron chi connectivity index (χ1n) is 3.73. The summed E-state index contributed by atoms with van der Waals surface area (Å²) in [5.74, 6) is 0. The van der Waals surface area contributed by atoms with E-state index in [1.165, 1.54) is 22.2 Å². The minimum atomic E-state index is 1.17. The number of aromatic amines is 1. The zero-order chi connectivity index (χ0) is 7.84. The Bertz CT molecular complexity index is 385. The van der Waals surface area contributed by atoms with Crippen LogP contribution < -0.4 is 0 Å². The minimum Gasteiger partial charge on any atom is -0.359 e. The lowest BCUT2D eigenvalue weighted by Gasteiger charge is -1.90. The Morgan fingerprint density at radius 3 is 2.91 bits per heavy atom. The molecule has 1 nitrogen and oxygen atoms in total. The fourth-order valence-electron chi connectivity index (χ4n) is 1.30. The molecule has 0 saturated heterocycles. The molecule has 2 rings (SSSR count). The average Bonchev–Trinajstić information content (AvgIpc) is 2.27. The van der Waals surface area contributed by atoms with E-state index < -0.39 is 0 Å². The third-order valence-corrected chi connectivity index (χ3v) is 1.81. The molecule has 1 radical (unpaired) electrons. The molecule has 0 atom stereocenters. The molecule has 0 bridgehead atoms. The molecule has 0 aliphatic carbocycles. The van der Waals surface area contributed by atoms with Gasteiger partial charge in [-0.05, 0) is 37.6 Å². The topological polar surface area (TPSA) is 15.8 Å². The molecule has 11 heavy (non-hydrogen) atoms. The molecule has 2 aromatic rings. The molecule has 1 aromatic carbocycles. The molecule has 1 N–H and O–H groups in total. The molecule has 0 aliphatic rings. The summed E-state index contributed by atoms with van der Waals surface area (Å²) in [4.78, 5) is 3.27. The van der Waals surface area contributed by atoms with Gasteiger partial charge in [0, 0.05) is 16.6 Å². The van der Waals surface area contributed by atoms with E-state index in [0.717, 1.165) is 0 Å². The van der Waals surface area contributed by atoms with Gasteiger partial charge >= 0.3 is 0 Å². The molecule has 0 fully saturated rings. The maximum atomic E-state index is 3.27. The van der Waals surface area contributed by atoms with Crippen LogP contribution in [0.4, 0.5) is 0 Å². The van der Waals surface area contributed by atoms with Crippen molar-refractivity contribution in [3.63, 3.8) is 0 Å². The first kappa shape index (κ1) is 6.47. The highest BCUT2D eigenvalue weighted by atomic mass is 14.7. The van der Waals surface area contributed by atoms with Crippen molar-refractivity contribution in [1.82, 2.24) is 4.98 Å². The van der Waals surface area contributed by atoms with Gasteiger partial charge in [-0.25, -0.2) is 0 Å². The number of aryl methyl sites for hydroxylation is 2. The Balaban J connectivity index is 2.82. The van der Waals surface area contributed by atoms with Crippen LogP contribution in [-0.2, 0) is 0 Å². The van der Waals surface area contributed by atoms with Crippen molar-refractivity contribution < 1.29 is 0 Å². The average molecular weight is 144 g/mol. The highest BCUT2D eigenvalue weighted by molar-refractivity contribution is 5.80. The number of H-pyrrole nitrogens is 1. The van der Waals surface area contributed by atoms with Crippen LogP contribution in [0.2, 0.25) is 0 Å². The summed E-state index contributed by atoms with van der Waals surface area (Å²) < 4.78 is 0. The van der Waals surface area contributed by atoms with Crippen LogP contribution in [0.1, 0.15) is 11.3 Å². The van der Waals surface area contributed by atoms with Gasteiger partial charge in [0.25, 0.3) is 0 Å². The standard InChI is InChI=1S/C10H10N/c1-7-3-4-9-6-8(2)11-10(9)5-7/h3,5-6,11H,1-2H3. The van der Waals surface area contributed by atoms with E-state index in [9.17, 15) is 0 Å². The van der Waals surface area contributed by atoms with Gasteiger partial charge in [0.2, 0.25) is 0 Å². The van der Waals surface area contributed by atoms with E-state index in [-0.39, 0.29) is 0 Å². The van der Waals surface area contributed by atoms with Crippen LogP contribution in [0.3, 0.4) is 0 Å². The van der Waals surface area contributed by atoms with Crippen molar-refractivity contribution in [1.29, 1.82) is 0 Å². The Kier molecular flexibility index (Phi) is 1.25. The smallest absolute Gasteiger partial charge is 0.0464 e. The predicted molar refractivity (Wildman–Crippen MR) is 46.6 cm³/mol. The van der Waals surface area contributed by atoms with Crippen LogP contribution in [0.25, 0.3) is 10.9 Å². The number of aromatic nitrogens is 1. The Labute approximate surface area is 66.1 Å². The van der Waals surface area contributed by atoms with Crippen molar-refractivity contribution in [2.45, 2.75) is 13.8 Å². The van der Waals surface area contributed by atoms with E-state index in [1.807, 2.05) is 6.07 Å². The summed E-state index contributed by atoms with van der Waals surface area (Å²) in [5, 5.41) is 1.17. The molecule has 0 spiro atoms. The third-order valence-electron chi connectivity index (χ3n) is 1.81. The molecular formula is C10H10N. The lowest BCUT2D eigenvalue weighted by Crippen LogP contribution is -1.71. The predicted octanol–water partition coefficient (Wildman–Crippen LogP) is 2.58. The molecular weight excluding hydrogens is 134 g/mol. The van der Waals surface area contributed by atoms with Gasteiger partial charge in [-0.1, -0.05) is 6.07 Å². The zero-order valence-electron chi connectivity index (χ0n) is 6.73. The second kappa shape index (κ2) is 2.12. The summed E-state index contributed by atoms with van der Waals surface area (Å²) in [6.45, 7) is 4.13. The fraction of sp³-hybridized carbons (Fsp3) is 0.200. The van der Waals surface area contributed by atoms with Gasteiger partial charge in [0.1, 0.15) is 0 Å². The maximum absolute atomic E-state index is 3.27. The number of hydrogen-bond donors (Lipinski definition) is 1. The molecule has 0 amide bonds. The molecule has 0 unspecified atom stereocenters. The van der Waals surface area contributed by atoms with Crippen LogP contribution in [-0.4, -0.2) is 4.98 Å². The van der Waals surface area contributed by atoms with E-state index in [2.05, 4.69) is 37.0 Å². The summed E-state index contributed by atoms with van der Waals surface area (Å²) in [5.41, 5.74) is 3.63. The second-order valence-electron chi connectivity index (χ2n) is 2.96. The number of benzene rings is 1. The highest BCUT2D eigenvalue weighted by Crippen LogP contribution is 2.15. The first-order valence-corrected chi connectivity index (χ1v) is 3.73. The van der Waals surface area contributed by atoms with E-state index in [1.54, 1.807) is 0 Å². The quantitative estimate of drug-likeness (QED) is 0.585. The van der Waals surface area contributed by atoms with Crippen LogP contribution in [0, 0.1) is 19.9 Å². The molecule has 1 heteroatoms. The van der Waals surface area contributed by atoms with Crippen molar-refractivity contribution >= 4 is 10.9 Å². The van der Waals surface area contributed by atoms with Crippen molar-refractivity contribution in [3.8, 4) is 0 Å². The van der Waals surface area contributed by atoms with Gasteiger partial charge in [-0.2, -0.15) is 0 Å². The molecule has 55 valence electrons. The van der Waals surface area contributed by atoms with Crippen molar-refractivity contribution in [2.75, 3.05) is 0 Å². The Hall–Kier alpha value is -1.24. The van der Waals surface area contributed by atoms with E-state index in [0.29, 0.717) is 0 Å². The zero-order valence-corrected chi connectivity index (χ0v) is 6.73. The molecule has 1 heterocycles. The summed E-state index contributed by atoms with van der Waals surface area (Å²) in [6.07, 6.45) is 0. The van der Waals surface area contributed by atoms with Gasteiger partial charge in [0.05, 0.1) is 0 Å². The largest absolute Gasteiger partial charge is 0.359 e. The van der Waals surface area contributed by atoms with Crippen molar-refractivity contribution in [2.24, 2.45) is 0 Å². The number of nitrogens with one attached hydrogen (secondary N) is 1. The lowest BCUT2D eigenvalue weighted by atomic mass is 10.2. The minimum absolute atomic E-state index is 1.17. The third kappa shape index (κ3) is 1.03. The normalized spacial score (nSPS) is 10.7. The number of rotatable bonds is 0. The van der Waals surface area contributed by atoms with Crippen LogP contribution >= 0.6 is 0 Å². The Morgan fingerprint density at radius 2 is 2.09 bits per heavy atom. The van der Waals surface area contributed by atoms with Crippen molar-refractivity contribution in [3.05, 3.63) is 35.5 Å². The van der Waals surface area contributed by atoms with Crippen LogP contribution in [0.15, 0.2) is 18.2 Å². The van der Waals surface area contributed by atoms with Gasteiger partial charge in [-0.3, -0.25) is 0 Å². The second-order valence-corrected chi connectivity index (χ2v) is 2.96. The van der Waals surface area contributed by atoms with E-state index >= 15 is 0 Å². The van der Waals surface area contributed by atoms with E-state index in [4.69, 9.17) is 0 Å². The number of fused-ring (bicyclic) bond motifs is 1. The summed E-state index contributed by atoms with van der Waals surface area (Å²) in [7, 11) is 0. The first-order chi connectivity index (χ1) is 5.25. The van der Waals surface area contributed by atoms with Gasteiger partial charge < -0.3 is 4.98 Å². The fourth-order valence-corrected chi connectivity index (χ4v) is 1.30. The van der Waals surface area contributed by atoms with Crippen LogP contribution in [0.5, 0.6) is 0 Å². The monoisotopic (exact) mass is 144 g/mol. The molecule has 0 saturated carbocycles. The van der Waals surface area contributed by atoms with Gasteiger partial charge in [0.15, 0.2) is 0 Å². The summed E-state index contributed by atoms with van der Waals surface area (Å²) >= 11 is 0. The Morgan fingerprint density at radius 1 is 1.27 bits per heavy atom. The molecule has 1 aromatic heterocycles. The highest BCUT2D eigenvalue weighted by Gasteiger charge is 1.95. The summed E-state index contributed by atoms with van der Waals surface area (Å²) in [6, 6.07) is 9.46.